The zero-order valence-corrected chi connectivity index (χ0v) is 15.0. The van der Waals surface area contributed by atoms with Crippen molar-refractivity contribution in [3.63, 3.8) is 0 Å². The van der Waals surface area contributed by atoms with Crippen molar-refractivity contribution in [2.75, 3.05) is 20.6 Å². The molecular weight excluding hydrogens is 316 g/mol. The van der Waals surface area contributed by atoms with Gasteiger partial charge in [-0.25, -0.2) is 0 Å². The van der Waals surface area contributed by atoms with Crippen molar-refractivity contribution < 1.29 is 5.11 Å². The Balaban J connectivity index is 2.13. The molecule has 3 aromatic rings. The second-order valence-corrected chi connectivity index (χ2v) is 7.28. The van der Waals surface area contributed by atoms with Crippen molar-refractivity contribution in [3.05, 3.63) is 65.0 Å². The number of nitrogens with zero attached hydrogens (tertiary/aromatic N) is 2. The molecule has 0 radical (unpaired) electrons. The minimum Gasteiger partial charge on any atom is -0.506 e. The third kappa shape index (κ3) is 3.50. The fraction of sp³-hybridized carbons (Fsp3) is 0.250. The molecule has 0 amide bonds. The first-order valence-corrected chi connectivity index (χ1v) is 8.86. The number of aromatic hydroxyl groups is 1. The summed E-state index contributed by atoms with van der Waals surface area (Å²) in [6.45, 7) is 2.97. The van der Waals surface area contributed by atoms with Gasteiger partial charge < -0.3 is 10.0 Å². The first-order valence-electron chi connectivity index (χ1n) is 8.05. The van der Waals surface area contributed by atoms with Crippen LogP contribution in [-0.2, 0) is 0 Å². The highest BCUT2D eigenvalue weighted by molar-refractivity contribution is 7.21. The zero-order valence-electron chi connectivity index (χ0n) is 14.2. The van der Waals surface area contributed by atoms with Crippen LogP contribution < -0.4 is 0 Å². The molecule has 1 N–H and O–H groups in total. The molecule has 0 aliphatic rings. The first kappa shape index (κ1) is 16.7. The molecule has 0 spiro atoms. The summed E-state index contributed by atoms with van der Waals surface area (Å²) in [6, 6.07) is 18.2. The second-order valence-electron chi connectivity index (χ2n) is 6.23. The molecular formula is C20H22N2OS. The molecule has 0 aliphatic carbocycles. The molecule has 0 saturated carbocycles. The van der Waals surface area contributed by atoms with Gasteiger partial charge in [-0.3, -0.25) is 4.99 Å². The van der Waals surface area contributed by atoms with E-state index in [0.717, 1.165) is 32.8 Å². The van der Waals surface area contributed by atoms with Crippen LogP contribution in [0.4, 0.5) is 0 Å². The standard InChI is InChI=1S/C20H22N2OS/c1-14(13-22(2)3)21-18(15-9-5-4-6-10-15)20-19(23)16-11-7-8-12-17(16)24-20/h4-12,14,23H,13H2,1-3H3. The van der Waals surface area contributed by atoms with Crippen molar-refractivity contribution in [2.24, 2.45) is 4.99 Å². The summed E-state index contributed by atoms with van der Waals surface area (Å²) >= 11 is 1.59. The van der Waals surface area contributed by atoms with Gasteiger partial charge >= 0.3 is 0 Å². The molecule has 1 unspecified atom stereocenters. The van der Waals surface area contributed by atoms with E-state index in [4.69, 9.17) is 4.99 Å². The number of rotatable bonds is 5. The van der Waals surface area contributed by atoms with Gasteiger partial charge in [-0.1, -0.05) is 42.5 Å². The minimum atomic E-state index is 0.139. The molecule has 0 bridgehead atoms. The van der Waals surface area contributed by atoms with Crippen LogP contribution in [0.15, 0.2) is 59.6 Å². The van der Waals surface area contributed by atoms with E-state index >= 15 is 0 Å². The Bertz CT molecular complexity index is 852. The van der Waals surface area contributed by atoms with Crippen LogP contribution in [0.3, 0.4) is 0 Å². The lowest BCUT2D eigenvalue weighted by Crippen LogP contribution is -2.23. The summed E-state index contributed by atoms with van der Waals surface area (Å²) < 4.78 is 1.08. The van der Waals surface area contributed by atoms with Crippen LogP contribution in [0.1, 0.15) is 17.4 Å². The number of hydrogen-bond acceptors (Lipinski definition) is 4. The second kappa shape index (κ2) is 7.16. The molecule has 124 valence electrons. The number of hydrogen-bond donors (Lipinski definition) is 1. The topological polar surface area (TPSA) is 35.8 Å². The highest BCUT2D eigenvalue weighted by Gasteiger charge is 2.18. The largest absolute Gasteiger partial charge is 0.506 e. The third-order valence-electron chi connectivity index (χ3n) is 3.81. The maximum absolute atomic E-state index is 10.7. The third-order valence-corrected chi connectivity index (χ3v) is 4.98. The molecule has 24 heavy (non-hydrogen) atoms. The fourth-order valence-electron chi connectivity index (χ4n) is 2.84. The van der Waals surface area contributed by atoms with Crippen LogP contribution in [0.5, 0.6) is 5.75 Å². The Morgan fingerprint density at radius 2 is 1.75 bits per heavy atom. The van der Waals surface area contributed by atoms with Crippen LogP contribution >= 0.6 is 11.3 Å². The van der Waals surface area contributed by atoms with Gasteiger partial charge in [-0.2, -0.15) is 0 Å². The molecule has 0 saturated heterocycles. The summed E-state index contributed by atoms with van der Waals surface area (Å²) in [6.07, 6.45) is 0. The fourth-order valence-corrected chi connectivity index (χ4v) is 3.96. The lowest BCUT2D eigenvalue weighted by Gasteiger charge is -2.15. The molecule has 2 aromatic carbocycles. The maximum Gasteiger partial charge on any atom is 0.143 e. The van der Waals surface area contributed by atoms with Gasteiger partial charge in [0.15, 0.2) is 0 Å². The lowest BCUT2D eigenvalue weighted by molar-refractivity contribution is 0.384. The number of thiophene rings is 1. The van der Waals surface area contributed by atoms with Gasteiger partial charge in [0.1, 0.15) is 5.75 Å². The van der Waals surface area contributed by atoms with Gasteiger partial charge in [0.25, 0.3) is 0 Å². The lowest BCUT2D eigenvalue weighted by atomic mass is 10.1. The van der Waals surface area contributed by atoms with Crippen molar-refractivity contribution in [3.8, 4) is 5.75 Å². The van der Waals surface area contributed by atoms with Crippen molar-refractivity contribution in [1.29, 1.82) is 0 Å². The molecule has 0 aliphatic heterocycles. The van der Waals surface area contributed by atoms with E-state index in [-0.39, 0.29) is 6.04 Å². The molecule has 1 heterocycles. The quantitative estimate of drug-likeness (QED) is 0.700. The van der Waals surface area contributed by atoms with Gasteiger partial charge in [0.2, 0.25) is 0 Å². The Morgan fingerprint density at radius 3 is 2.42 bits per heavy atom. The van der Waals surface area contributed by atoms with Crippen LogP contribution in [0.25, 0.3) is 10.1 Å². The molecule has 3 rings (SSSR count). The summed E-state index contributed by atoms with van der Waals surface area (Å²) in [5.41, 5.74) is 1.90. The summed E-state index contributed by atoms with van der Waals surface area (Å²) in [4.78, 5) is 7.91. The van der Waals surface area contributed by atoms with E-state index in [1.54, 1.807) is 11.3 Å². The molecule has 1 aromatic heterocycles. The first-order chi connectivity index (χ1) is 11.6. The SMILES string of the molecule is CC(CN(C)C)N=C(c1ccccc1)c1sc2ccccc2c1O. The molecule has 4 heteroatoms. The zero-order chi connectivity index (χ0) is 17.1. The Kier molecular flexibility index (Phi) is 4.97. The minimum absolute atomic E-state index is 0.139. The van der Waals surface area contributed by atoms with Crippen LogP contribution in [0.2, 0.25) is 0 Å². The normalized spacial score (nSPS) is 13.6. The summed E-state index contributed by atoms with van der Waals surface area (Å²) in [5.74, 6) is 0.329. The number of benzene rings is 2. The highest BCUT2D eigenvalue weighted by Crippen LogP contribution is 2.38. The van der Waals surface area contributed by atoms with Gasteiger partial charge in [0.05, 0.1) is 16.6 Å². The van der Waals surface area contributed by atoms with E-state index in [1.807, 2.05) is 68.7 Å². The Hall–Kier alpha value is -2.17. The van der Waals surface area contributed by atoms with Gasteiger partial charge in [-0.05, 0) is 33.2 Å². The summed E-state index contributed by atoms with van der Waals surface area (Å²) in [7, 11) is 4.09. The maximum atomic E-state index is 10.7. The van der Waals surface area contributed by atoms with Gasteiger partial charge in [0, 0.05) is 22.2 Å². The highest BCUT2D eigenvalue weighted by atomic mass is 32.1. The predicted octanol–water partition coefficient (Wildman–Crippen LogP) is 4.39. The van der Waals surface area contributed by atoms with Gasteiger partial charge in [-0.15, -0.1) is 11.3 Å². The van der Waals surface area contributed by atoms with E-state index in [1.165, 1.54) is 0 Å². The van der Waals surface area contributed by atoms with Crippen molar-refractivity contribution >= 4 is 27.1 Å². The van der Waals surface area contributed by atoms with E-state index in [2.05, 4.69) is 11.8 Å². The van der Waals surface area contributed by atoms with E-state index in [9.17, 15) is 5.11 Å². The average molecular weight is 338 g/mol. The number of likely N-dealkylation sites (N-methyl/N-ethyl adjacent to an activating group) is 1. The molecule has 1 atom stereocenters. The monoisotopic (exact) mass is 338 g/mol. The van der Waals surface area contributed by atoms with E-state index < -0.39 is 0 Å². The van der Waals surface area contributed by atoms with Crippen LogP contribution in [0, 0.1) is 0 Å². The average Bonchev–Trinajstić information content (AvgIpc) is 2.90. The van der Waals surface area contributed by atoms with E-state index in [0.29, 0.717) is 5.75 Å². The number of aliphatic imine (C=N–C) groups is 1. The van der Waals surface area contributed by atoms with Crippen molar-refractivity contribution in [2.45, 2.75) is 13.0 Å². The Labute approximate surface area is 146 Å². The van der Waals surface area contributed by atoms with Crippen LogP contribution in [-0.4, -0.2) is 42.4 Å². The van der Waals surface area contributed by atoms with Crippen molar-refractivity contribution in [1.82, 2.24) is 4.90 Å². The predicted molar refractivity (Wildman–Crippen MR) is 104 cm³/mol. The molecule has 3 nitrogen and oxygen atoms in total. The molecule has 0 fully saturated rings. The Morgan fingerprint density at radius 1 is 1.08 bits per heavy atom. The summed E-state index contributed by atoms with van der Waals surface area (Å²) in [5, 5.41) is 11.6. The smallest absolute Gasteiger partial charge is 0.143 e. The number of fused-ring (bicyclic) bond motifs is 1.